The van der Waals surface area contributed by atoms with Crippen LogP contribution >= 0.6 is 0 Å². The van der Waals surface area contributed by atoms with Gasteiger partial charge in [-0.1, -0.05) is 29.4 Å². The maximum atomic E-state index is 8.65. The van der Waals surface area contributed by atoms with Crippen molar-refractivity contribution in [1.82, 2.24) is 10.2 Å². The topological polar surface area (TPSA) is 73.9 Å². The largest absolute Gasteiger partial charge is 0.409 e. The Hall–Kier alpha value is -1.59. The summed E-state index contributed by atoms with van der Waals surface area (Å²) >= 11 is 0. The smallest absolute Gasteiger partial charge is 0.170 e. The molecule has 2 aliphatic rings. The highest BCUT2D eigenvalue weighted by molar-refractivity contribution is 5.96. The number of hydrogen-bond donors (Lipinski definition) is 3. The van der Waals surface area contributed by atoms with Gasteiger partial charge in [0.05, 0.1) is 0 Å². The fourth-order valence-corrected chi connectivity index (χ4v) is 3.52. The summed E-state index contributed by atoms with van der Waals surface area (Å²) in [6.45, 7) is 3.42. The van der Waals surface area contributed by atoms with Crippen LogP contribution in [-0.4, -0.2) is 41.1 Å². The van der Waals surface area contributed by atoms with Crippen molar-refractivity contribution in [3.63, 3.8) is 0 Å². The number of hydrogen-bond acceptors (Lipinski definition) is 4. The summed E-state index contributed by atoms with van der Waals surface area (Å²) in [6.07, 6.45) is 5.26. The molecule has 114 valence electrons. The number of nitrogens with zero attached hydrogens (tertiary/aromatic N) is 2. The molecule has 21 heavy (non-hydrogen) atoms. The molecule has 2 atom stereocenters. The first-order valence-electron chi connectivity index (χ1n) is 7.80. The average Bonchev–Trinajstić information content (AvgIpc) is 3.00. The van der Waals surface area contributed by atoms with Crippen molar-refractivity contribution in [1.29, 1.82) is 0 Å². The number of fused-ring (bicyclic) bond motifs is 1. The maximum Gasteiger partial charge on any atom is 0.170 e. The zero-order valence-electron chi connectivity index (χ0n) is 12.3. The third-order valence-electron chi connectivity index (χ3n) is 4.77. The number of amidine groups is 1. The second-order valence-corrected chi connectivity index (χ2v) is 6.12. The van der Waals surface area contributed by atoms with Crippen LogP contribution in [0, 0.1) is 0 Å². The van der Waals surface area contributed by atoms with E-state index in [1.165, 1.54) is 44.3 Å². The monoisotopic (exact) mass is 288 g/mol. The predicted octanol–water partition coefficient (Wildman–Crippen LogP) is 1.50. The molecule has 0 amide bonds. The van der Waals surface area contributed by atoms with Crippen LogP contribution in [0.4, 0.5) is 0 Å². The van der Waals surface area contributed by atoms with Crippen molar-refractivity contribution in [2.24, 2.45) is 10.9 Å². The van der Waals surface area contributed by atoms with Crippen molar-refractivity contribution in [2.45, 2.75) is 44.3 Å². The summed E-state index contributed by atoms with van der Waals surface area (Å²) in [5.74, 6) is 0.156. The number of nitrogens with two attached hydrogens (primary N) is 1. The zero-order chi connectivity index (χ0) is 14.7. The van der Waals surface area contributed by atoms with E-state index in [0.717, 1.165) is 18.2 Å². The molecule has 4 N–H and O–H groups in total. The van der Waals surface area contributed by atoms with Crippen molar-refractivity contribution < 1.29 is 5.21 Å². The van der Waals surface area contributed by atoms with Crippen molar-refractivity contribution in [2.75, 3.05) is 13.1 Å². The van der Waals surface area contributed by atoms with E-state index in [0.29, 0.717) is 6.04 Å². The summed E-state index contributed by atoms with van der Waals surface area (Å²) < 4.78 is 0. The van der Waals surface area contributed by atoms with E-state index in [4.69, 9.17) is 10.9 Å². The van der Waals surface area contributed by atoms with E-state index in [2.05, 4.69) is 15.4 Å². The summed E-state index contributed by atoms with van der Waals surface area (Å²) in [5.41, 5.74) is 7.55. The standard InChI is InChI=1S/C16H24N4O/c17-16(19-21)13-5-3-12(4-6-13)11-18-14-7-9-20-8-1-2-15(20)10-14/h3-6,14-15,18,21H,1-2,7-11H2,(H2,17,19). The van der Waals surface area contributed by atoms with Gasteiger partial charge >= 0.3 is 0 Å². The molecule has 0 bridgehead atoms. The Balaban J connectivity index is 1.51. The molecule has 2 fully saturated rings. The molecule has 2 heterocycles. The van der Waals surface area contributed by atoms with Gasteiger partial charge in [0.15, 0.2) is 5.84 Å². The number of oxime groups is 1. The number of benzene rings is 1. The minimum absolute atomic E-state index is 0.156. The summed E-state index contributed by atoms with van der Waals surface area (Å²) in [4.78, 5) is 2.64. The summed E-state index contributed by atoms with van der Waals surface area (Å²) in [7, 11) is 0. The Labute approximate surface area is 125 Å². The minimum atomic E-state index is 0.156. The summed E-state index contributed by atoms with van der Waals surface area (Å²) in [6, 6.07) is 9.29. The van der Waals surface area contributed by atoms with Crippen LogP contribution in [0.1, 0.15) is 36.8 Å². The molecule has 0 aromatic heterocycles. The van der Waals surface area contributed by atoms with E-state index in [-0.39, 0.29) is 5.84 Å². The van der Waals surface area contributed by atoms with Crippen LogP contribution in [-0.2, 0) is 6.54 Å². The Morgan fingerprint density at radius 1 is 1.29 bits per heavy atom. The third-order valence-corrected chi connectivity index (χ3v) is 4.77. The van der Waals surface area contributed by atoms with Crippen molar-refractivity contribution in [3.8, 4) is 0 Å². The molecule has 0 radical (unpaired) electrons. The van der Waals surface area contributed by atoms with E-state index < -0.39 is 0 Å². The number of piperidine rings is 1. The Bertz CT molecular complexity index is 500. The van der Waals surface area contributed by atoms with Gasteiger partial charge in [0.2, 0.25) is 0 Å². The Morgan fingerprint density at radius 3 is 2.86 bits per heavy atom. The maximum absolute atomic E-state index is 8.65. The van der Waals surface area contributed by atoms with Gasteiger partial charge in [0, 0.05) is 24.2 Å². The van der Waals surface area contributed by atoms with Gasteiger partial charge in [-0.2, -0.15) is 0 Å². The highest BCUT2D eigenvalue weighted by atomic mass is 16.4. The van der Waals surface area contributed by atoms with Gasteiger partial charge in [-0.25, -0.2) is 0 Å². The van der Waals surface area contributed by atoms with Crippen LogP contribution in [0.25, 0.3) is 0 Å². The minimum Gasteiger partial charge on any atom is -0.409 e. The van der Waals surface area contributed by atoms with Gasteiger partial charge in [-0.3, -0.25) is 0 Å². The second kappa shape index (κ2) is 6.45. The lowest BCUT2D eigenvalue weighted by Gasteiger charge is -2.35. The number of rotatable bonds is 4. The first-order chi connectivity index (χ1) is 10.3. The van der Waals surface area contributed by atoms with Crippen LogP contribution in [0.3, 0.4) is 0 Å². The number of nitrogens with one attached hydrogen (secondary N) is 1. The van der Waals surface area contributed by atoms with Crippen LogP contribution in [0.2, 0.25) is 0 Å². The zero-order valence-corrected chi connectivity index (χ0v) is 12.3. The van der Waals surface area contributed by atoms with Gasteiger partial charge < -0.3 is 21.2 Å². The molecule has 3 rings (SSSR count). The van der Waals surface area contributed by atoms with Gasteiger partial charge in [0.1, 0.15) is 0 Å². The average molecular weight is 288 g/mol. The highest BCUT2D eigenvalue weighted by Crippen LogP contribution is 2.26. The molecule has 1 aromatic rings. The summed E-state index contributed by atoms with van der Waals surface area (Å²) in [5, 5.41) is 15.3. The fraction of sp³-hybridized carbons (Fsp3) is 0.562. The van der Waals surface area contributed by atoms with Gasteiger partial charge in [-0.05, 0) is 44.3 Å². The van der Waals surface area contributed by atoms with Crippen LogP contribution < -0.4 is 11.1 Å². The molecule has 0 saturated carbocycles. The van der Waals surface area contributed by atoms with Gasteiger partial charge in [0.25, 0.3) is 0 Å². The fourth-order valence-electron chi connectivity index (χ4n) is 3.52. The molecule has 0 spiro atoms. The van der Waals surface area contributed by atoms with Gasteiger partial charge in [-0.15, -0.1) is 0 Å². The van der Waals surface area contributed by atoms with Crippen molar-refractivity contribution in [3.05, 3.63) is 35.4 Å². The Morgan fingerprint density at radius 2 is 2.10 bits per heavy atom. The predicted molar refractivity (Wildman–Crippen MR) is 83.4 cm³/mol. The third kappa shape index (κ3) is 3.36. The molecule has 2 unspecified atom stereocenters. The van der Waals surface area contributed by atoms with Crippen LogP contribution in [0.15, 0.2) is 29.4 Å². The molecular formula is C16H24N4O. The first kappa shape index (κ1) is 14.4. The van der Waals surface area contributed by atoms with E-state index in [1.807, 2.05) is 24.3 Å². The van der Waals surface area contributed by atoms with E-state index in [1.54, 1.807) is 0 Å². The molecule has 5 nitrogen and oxygen atoms in total. The molecule has 5 heteroatoms. The lowest BCUT2D eigenvalue weighted by Crippen LogP contribution is -2.45. The van der Waals surface area contributed by atoms with Crippen LogP contribution in [0.5, 0.6) is 0 Å². The lowest BCUT2D eigenvalue weighted by atomic mass is 9.97. The molecule has 0 aliphatic carbocycles. The molecular weight excluding hydrogens is 264 g/mol. The Kier molecular flexibility index (Phi) is 4.41. The molecule has 2 aliphatic heterocycles. The molecule has 1 aromatic carbocycles. The highest BCUT2D eigenvalue weighted by Gasteiger charge is 2.31. The quantitative estimate of drug-likeness (QED) is 0.340. The van der Waals surface area contributed by atoms with E-state index in [9.17, 15) is 0 Å². The SMILES string of the molecule is N/C(=N/O)c1ccc(CNC2CCN3CCCC3C2)cc1. The van der Waals surface area contributed by atoms with E-state index >= 15 is 0 Å². The first-order valence-corrected chi connectivity index (χ1v) is 7.80. The lowest BCUT2D eigenvalue weighted by molar-refractivity contribution is 0.166. The normalized spacial score (nSPS) is 26.8. The second-order valence-electron chi connectivity index (χ2n) is 6.12. The molecule has 2 saturated heterocycles. The van der Waals surface area contributed by atoms with Crippen molar-refractivity contribution >= 4 is 5.84 Å².